The van der Waals surface area contributed by atoms with Crippen LogP contribution in [0.25, 0.3) is 0 Å². The van der Waals surface area contributed by atoms with Gasteiger partial charge in [0.25, 0.3) is 0 Å². The first-order valence-corrected chi connectivity index (χ1v) is 5.89. The summed E-state index contributed by atoms with van der Waals surface area (Å²) in [7, 11) is 0. The van der Waals surface area contributed by atoms with Crippen molar-refractivity contribution in [2.75, 3.05) is 0 Å². The van der Waals surface area contributed by atoms with E-state index in [0.717, 1.165) is 18.5 Å². The molecule has 0 amide bonds. The molecule has 90 valence electrons. The predicted molar refractivity (Wildman–Crippen MR) is 65.4 cm³/mol. The first-order valence-electron chi connectivity index (χ1n) is 5.89. The molecule has 2 aromatic heterocycles. The Morgan fingerprint density at radius 1 is 1.35 bits per heavy atom. The number of pyridine rings is 1. The SMILES string of the molecule is CCn1cc(C(O)CCc2ccncc2)cn1. The van der Waals surface area contributed by atoms with Gasteiger partial charge in [-0.1, -0.05) is 0 Å². The molecule has 4 nitrogen and oxygen atoms in total. The number of aliphatic hydroxyl groups is 1. The topological polar surface area (TPSA) is 50.9 Å². The second-order valence-electron chi connectivity index (χ2n) is 4.04. The number of aromatic nitrogens is 3. The van der Waals surface area contributed by atoms with E-state index >= 15 is 0 Å². The lowest BCUT2D eigenvalue weighted by molar-refractivity contribution is 0.167. The van der Waals surface area contributed by atoms with E-state index in [4.69, 9.17) is 0 Å². The van der Waals surface area contributed by atoms with E-state index in [1.165, 1.54) is 5.56 Å². The molecule has 0 aliphatic rings. The normalized spacial score (nSPS) is 12.6. The van der Waals surface area contributed by atoms with E-state index in [0.29, 0.717) is 6.42 Å². The summed E-state index contributed by atoms with van der Waals surface area (Å²) in [5.74, 6) is 0. The number of nitrogens with zero attached hydrogens (tertiary/aromatic N) is 3. The van der Waals surface area contributed by atoms with Gasteiger partial charge in [-0.25, -0.2) is 0 Å². The Balaban J connectivity index is 1.91. The highest BCUT2D eigenvalue weighted by Gasteiger charge is 2.09. The average Bonchev–Trinajstić information content (AvgIpc) is 2.86. The largest absolute Gasteiger partial charge is 0.388 e. The van der Waals surface area contributed by atoms with Crippen LogP contribution >= 0.6 is 0 Å². The summed E-state index contributed by atoms with van der Waals surface area (Å²) < 4.78 is 1.82. The van der Waals surface area contributed by atoms with Crippen LogP contribution in [0.1, 0.15) is 30.6 Å². The Kier molecular flexibility index (Phi) is 3.88. The molecule has 0 bridgehead atoms. The van der Waals surface area contributed by atoms with Gasteiger partial charge in [0, 0.05) is 30.7 Å². The third-order valence-electron chi connectivity index (χ3n) is 2.82. The minimum atomic E-state index is -0.441. The standard InChI is InChI=1S/C13H17N3O/c1-2-16-10-12(9-15-16)13(17)4-3-11-5-7-14-8-6-11/h5-10,13,17H,2-4H2,1H3. The minimum Gasteiger partial charge on any atom is -0.388 e. The van der Waals surface area contributed by atoms with E-state index in [1.54, 1.807) is 18.6 Å². The number of hydrogen-bond acceptors (Lipinski definition) is 3. The summed E-state index contributed by atoms with van der Waals surface area (Å²) >= 11 is 0. The lowest BCUT2D eigenvalue weighted by atomic mass is 10.0. The third-order valence-corrected chi connectivity index (χ3v) is 2.82. The van der Waals surface area contributed by atoms with Gasteiger partial charge in [0.15, 0.2) is 0 Å². The molecule has 2 heterocycles. The Morgan fingerprint density at radius 3 is 2.76 bits per heavy atom. The fourth-order valence-electron chi connectivity index (χ4n) is 1.74. The first kappa shape index (κ1) is 11.8. The molecule has 17 heavy (non-hydrogen) atoms. The highest BCUT2D eigenvalue weighted by atomic mass is 16.3. The molecule has 0 saturated heterocycles. The molecule has 0 spiro atoms. The number of hydrogen-bond donors (Lipinski definition) is 1. The average molecular weight is 231 g/mol. The van der Waals surface area contributed by atoms with Crippen molar-refractivity contribution in [1.29, 1.82) is 0 Å². The van der Waals surface area contributed by atoms with Gasteiger partial charge in [-0.05, 0) is 37.5 Å². The molecular weight excluding hydrogens is 214 g/mol. The van der Waals surface area contributed by atoms with Crippen LogP contribution in [0.15, 0.2) is 36.9 Å². The number of rotatable bonds is 5. The third kappa shape index (κ3) is 3.14. The molecule has 1 unspecified atom stereocenters. The molecule has 4 heteroatoms. The molecule has 2 rings (SSSR count). The van der Waals surface area contributed by atoms with Gasteiger partial charge < -0.3 is 5.11 Å². The van der Waals surface area contributed by atoms with Gasteiger partial charge >= 0.3 is 0 Å². The Hall–Kier alpha value is -1.68. The monoisotopic (exact) mass is 231 g/mol. The highest BCUT2D eigenvalue weighted by Crippen LogP contribution is 2.18. The molecule has 1 N–H and O–H groups in total. The summed E-state index contributed by atoms with van der Waals surface area (Å²) in [5.41, 5.74) is 2.09. The second-order valence-corrected chi connectivity index (χ2v) is 4.04. The molecule has 0 saturated carbocycles. The van der Waals surface area contributed by atoms with Crippen LogP contribution in [0.3, 0.4) is 0 Å². The van der Waals surface area contributed by atoms with Crippen molar-refractivity contribution in [2.45, 2.75) is 32.4 Å². The van der Waals surface area contributed by atoms with E-state index in [2.05, 4.69) is 10.1 Å². The van der Waals surface area contributed by atoms with Gasteiger partial charge in [0.2, 0.25) is 0 Å². The van der Waals surface area contributed by atoms with Crippen molar-refractivity contribution in [2.24, 2.45) is 0 Å². The Bertz CT molecular complexity index is 453. The highest BCUT2D eigenvalue weighted by molar-refractivity contribution is 5.12. The zero-order chi connectivity index (χ0) is 12.1. The lowest BCUT2D eigenvalue weighted by Crippen LogP contribution is -1.99. The van der Waals surface area contributed by atoms with Crippen LogP contribution in [0.5, 0.6) is 0 Å². The maximum absolute atomic E-state index is 10.0. The minimum absolute atomic E-state index is 0.441. The first-order chi connectivity index (χ1) is 8.29. The Morgan fingerprint density at radius 2 is 2.12 bits per heavy atom. The summed E-state index contributed by atoms with van der Waals surface area (Å²) in [6.07, 6.45) is 8.30. The zero-order valence-corrected chi connectivity index (χ0v) is 9.95. The van der Waals surface area contributed by atoms with Gasteiger partial charge in [0.05, 0.1) is 12.3 Å². The second kappa shape index (κ2) is 5.59. The van der Waals surface area contributed by atoms with E-state index in [1.807, 2.05) is 29.9 Å². The van der Waals surface area contributed by atoms with Crippen LogP contribution in [0.4, 0.5) is 0 Å². The van der Waals surface area contributed by atoms with Crippen molar-refractivity contribution in [3.63, 3.8) is 0 Å². The van der Waals surface area contributed by atoms with Gasteiger partial charge in [0.1, 0.15) is 0 Å². The van der Waals surface area contributed by atoms with E-state index in [9.17, 15) is 5.11 Å². The molecule has 0 aromatic carbocycles. The van der Waals surface area contributed by atoms with Gasteiger partial charge in [-0.3, -0.25) is 9.67 Å². The van der Waals surface area contributed by atoms with Crippen molar-refractivity contribution in [3.05, 3.63) is 48.0 Å². The molecular formula is C13H17N3O. The van der Waals surface area contributed by atoms with Crippen molar-refractivity contribution in [3.8, 4) is 0 Å². The summed E-state index contributed by atoms with van der Waals surface area (Å²) in [5, 5.41) is 14.2. The van der Waals surface area contributed by atoms with Crippen LogP contribution in [-0.4, -0.2) is 19.9 Å². The summed E-state index contributed by atoms with van der Waals surface area (Å²) in [6.45, 7) is 2.86. The Labute approximate surface area is 101 Å². The van der Waals surface area contributed by atoms with Crippen LogP contribution in [0, 0.1) is 0 Å². The maximum atomic E-state index is 10.0. The zero-order valence-electron chi connectivity index (χ0n) is 9.95. The smallest absolute Gasteiger partial charge is 0.0823 e. The van der Waals surface area contributed by atoms with E-state index in [-0.39, 0.29) is 0 Å². The lowest BCUT2D eigenvalue weighted by Gasteiger charge is -2.07. The van der Waals surface area contributed by atoms with Crippen molar-refractivity contribution in [1.82, 2.24) is 14.8 Å². The summed E-state index contributed by atoms with van der Waals surface area (Å²) in [6, 6.07) is 3.95. The van der Waals surface area contributed by atoms with Crippen LogP contribution in [-0.2, 0) is 13.0 Å². The number of aryl methyl sites for hydroxylation is 2. The quantitative estimate of drug-likeness (QED) is 0.855. The molecule has 1 atom stereocenters. The molecule has 2 aromatic rings. The summed E-state index contributed by atoms with van der Waals surface area (Å²) in [4.78, 5) is 3.97. The number of aliphatic hydroxyl groups excluding tert-OH is 1. The van der Waals surface area contributed by atoms with Gasteiger partial charge in [-0.15, -0.1) is 0 Å². The molecule has 0 fully saturated rings. The molecule has 0 aliphatic carbocycles. The molecule has 0 radical (unpaired) electrons. The maximum Gasteiger partial charge on any atom is 0.0823 e. The molecule has 0 aliphatic heterocycles. The van der Waals surface area contributed by atoms with E-state index < -0.39 is 6.10 Å². The fraction of sp³-hybridized carbons (Fsp3) is 0.385. The predicted octanol–water partition coefficient (Wildman–Crippen LogP) is 1.96. The van der Waals surface area contributed by atoms with Crippen molar-refractivity contribution < 1.29 is 5.11 Å². The van der Waals surface area contributed by atoms with Crippen molar-refractivity contribution >= 4 is 0 Å². The van der Waals surface area contributed by atoms with Crippen LogP contribution < -0.4 is 0 Å². The van der Waals surface area contributed by atoms with Crippen LogP contribution in [0.2, 0.25) is 0 Å². The fourth-order valence-corrected chi connectivity index (χ4v) is 1.74. The van der Waals surface area contributed by atoms with Gasteiger partial charge in [-0.2, -0.15) is 5.10 Å².